The van der Waals surface area contributed by atoms with E-state index in [0.29, 0.717) is 13.0 Å². The van der Waals surface area contributed by atoms with Crippen LogP contribution in [0.4, 0.5) is 0 Å². The molecule has 1 aliphatic heterocycles. The lowest BCUT2D eigenvalue weighted by molar-refractivity contribution is -0.142. The summed E-state index contributed by atoms with van der Waals surface area (Å²) in [4.78, 5) is 39.8. The highest BCUT2D eigenvalue weighted by Crippen LogP contribution is 2.37. The number of Topliss-reactive ketones (excluding diaryl/α,β-unsaturated/α-hetero) is 1. The van der Waals surface area contributed by atoms with Crippen molar-refractivity contribution in [1.82, 2.24) is 0 Å². The van der Waals surface area contributed by atoms with Gasteiger partial charge in [-0.15, -0.1) is 0 Å². The van der Waals surface area contributed by atoms with Crippen molar-refractivity contribution in [2.45, 2.75) is 117 Å². The predicted octanol–water partition coefficient (Wildman–Crippen LogP) is 9.10. The van der Waals surface area contributed by atoms with E-state index in [2.05, 4.69) is 31.2 Å². The van der Waals surface area contributed by atoms with Crippen molar-refractivity contribution in [1.29, 1.82) is 0 Å². The third-order valence-electron chi connectivity index (χ3n) is 9.48. The summed E-state index contributed by atoms with van der Waals surface area (Å²) in [5, 5.41) is 0. The molecule has 1 saturated carbocycles. The second kappa shape index (κ2) is 20.3. The highest BCUT2D eigenvalue weighted by atomic mass is 16.5. The van der Waals surface area contributed by atoms with Gasteiger partial charge < -0.3 is 9.47 Å². The molecule has 0 spiro atoms. The third-order valence-corrected chi connectivity index (χ3v) is 9.48. The average molecular weight is 605 g/mol. The van der Waals surface area contributed by atoms with E-state index in [-0.39, 0.29) is 42.2 Å². The Bertz CT molecular complexity index is 1120. The smallest absolute Gasteiger partial charge is 0.309 e. The highest BCUT2D eigenvalue weighted by molar-refractivity contribution is 6.02. The van der Waals surface area contributed by atoms with Crippen molar-refractivity contribution < 1.29 is 23.9 Å². The zero-order valence-electron chi connectivity index (χ0n) is 27.6. The number of allylic oxidation sites excluding steroid dienone is 5. The Balaban J connectivity index is 1.68. The molecule has 242 valence electrons. The van der Waals surface area contributed by atoms with Crippen LogP contribution in [-0.2, 0) is 30.3 Å². The summed E-state index contributed by atoms with van der Waals surface area (Å²) < 4.78 is 10.7. The summed E-state index contributed by atoms with van der Waals surface area (Å²) in [5.41, 5.74) is 4.28. The van der Waals surface area contributed by atoms with Gasteiger partial charge in [0.15, 0.2) is 11.6 Å². The SMILES string of the molecule is CC=C(C)CCC=C1CCC(CCCCC2CCOCC2)C(CC(=O)C=C(CCCc2ccccc2)CC(=O)OCC)C1=O. The van der Waals surface area contributed by atoms with Crippen LogP contribution >= 0.6 is 0 Å². The second-order valence-corrected chi connectivity index (χ2v) is 12.8. The number of ether oxygens (including phenoxy) is 2. The number of ketones is 2. The van der Waals surface area contributed by atoms with Crippen molar-refractivity contribution in [3.05, 3.63) is 70.8 Å². The molecule has 2 fully saturated rings. The molecule has 0 N–H and O–H groups in total. The van der Waals surface area contributed by atoms with Crippen LogP contribution in [0.5, 0.6) is 0 Å². The van der Waals surface area contributed by atoms with Crippen LogP contribution in [0.25, 0.3) is 0 Å². The molecule has 2 unspecified atom stereocenters. The fraction of sp³-hybridized carbons (Fsp3) is 0.615. The Labute approximate surface area is 266 Å². The lowest BCUT2D eigenvalue weighted by Gasteiger charge is -2.32. The first kappa shape index (κ1) is 35.7. The maximum Gasteiger partial charge on any atom is 0.309 e. The number of hydrogen-bond acceptors (Lipinski definition) is 5. The molecule has 0 amide bonds. The first-order valence-corrected chi connectivity index (χ1v) is 17.2. The third kappa shape index (κ3) is 13.1. The van der Waals surface area contributed by atoms with Crippen molar-refractivity contribution in [2.75, 3.05) is 19.8 Å². The maximum atomic E-state index is 13.8. The van der Waals surface area contributed by atoms with Gasteiger partial charge in [-0.05, 0) is 114 Å². The molecule has 0 radical (unpaired) electrons. The zero-order valence-corrected chi connectivity index (χ0v) is 27.6. The number of aryl methyl sites for hydroxylation is 1. The van der Waals surface area contributed by atoms with E-state index in [1.807, 2.05) is 25.1 Å². The molecule has 1 aromatic carbocycles. The van der Waals surface area contributed by atoms with Crippen molar-refractivity contribution >= 4 is 17.5 Å². The summed E-state index contributed by atoms with van der Waals surface area (Å²) in [6.07, 6.45) is 19.0. The minimum atomic E-state index is -0.302. The van der Waals surface area contributed by atoms with Crippen LogP contribution in [0, 0.1) is 17.8 Å². The molecule has 1 saturated heterocycles. The van der Waals surface area contributed by atoms with E-state index in [9.17, 15) is 14.4 Å². The lowest BCUT2D eigenvalue weighted by atomic mass is 9.71. The predicted molar refractivity (Wildman–Crippen MR) is 178 cm³/mol. The van der Waals surface area contributed by atoms with E-state index in [4.69, 9.17) is 9.47 Å². The number of benzene rings is 1. The molecule has 2 atom stereocenters. The van der Waals surface area contributed by atoms with Gasteiger partial charge in [0.1, 0.15) is 0 Å². The molecule has 1 heterocycles. The summed E-state index contributed by atoms with van der Waals surface area (Å²) in [6, 6.07) is 10.3. The molecule has 3 rings (SSSR count). The first-order valence-electron chi connectivity index (χ1n) is 17.2. The Morgan fingerprint density at radius 1 is 1.00 bits per heavy atom. The average Bonchev–Trinajstić information content (AvgIpc) is 3.02. The summed E-state index contributed by atoms with van der Waals surface area (Å²) in [7, 11) is 0. The van der Waals surface area contributed by atoms with E-state index >= 15 is 0 Å². The van der Waals surface area contributed by atoms with E-state index in [1.165, 1.54) is 24.0 Å². The van der Waals surface area contributed by atoms with E-state index in [0.717, 1.165) is 94.5 Å². The molecule has 44 heavy (non-hydrogen) atoms. The Morgan fingerprint density at radius 2 is 1.75 bits per heavy atom. The number of esters is 1. The van der Waals surface area contributed by atoms with Crippen LogP contribution in [0.3, 0.4) is 0 Å². The molecule has 0 bridgehead atoms. The maximum absolute atomic E-state index is 13.8. The van der Waals surface area contributed by atoms with Crippen LogP contribution in [-0.4, -0.2) is 37.4 Å². The second-order valence-electron chi connectivity index (χ2n) is 12.8. The summed E-state index contributed by atoms with van der Waals surface area (Å²) in [6.45, 7) is 8.05. The van der Waals surface area contributed by atoms with Gasteiger partial charge in [-0.1, -0.05) is 72.9 Å². The zero-order chi connectivity index (χ0) is 31.6. The molecule has 0 aromatic heterocycles. The number of unbranched alkanes of at least 4 members (excludes halogenated alkanes) is 1. The lowest BCUT2D eigenvalue weighted by Crippen LogP contribution is -2.32. The van der Waals surface area contributed by atoms with Gasteiger partial charge in [0, 0.05) is 25.6 Å². The fourth-order valence-electron chi connectivity index (χ4n) is 6.69. The minimum Gasteiger partial charge on any atom is -0.466 e. The van der Waals surface area contributed by atoms with Gasteiger partial charge in [-0.2, -0.15) is 0 Å². The molecule has 2 aliphatic rings. The first-order chi connectivity index (χ1) is 21.4. The topological polar surface area (TPSA) is 69.7 Å². The van der Waals surface area contributed by atoms with Crippen LogP contribution < -0.4 is 0 Å². The van der Waals surface area contributed by atoms with Crippen molar-refractivity contribution in [3.8, 4) is 0 Å². The fourth-order valence-corrected chi connectivity index (χ4v) is 6.69. The van der Waals surface area contributed by atoms with E-state index in [1.54, 1.807) is 13.0 Å². The largest absolute Gasteiger partial charge is 0.466 e. The Kier molecular flexibility index (Phi) is 16.4. The highest BCUT2D eigenvalue weighted by Gasteiger charge is 2.35. The summed E-state index contributed by atoms with van der Waals surface area (Å²) in [5.74, 6) is 0.536. The molecule has 1 aliphatic carbocycles. The standard InChI is InChI=1S/C39H56O5/c1-4-30(3)13-11-20-35-22-21-34(19-10-9-16-32-23-25-43-26-24-32)37(39(35)42)29-36(40)27-33(28-38(41)44-5-2)18-12-17-31-14-7-6-8-15-31/h4,6-8,14-15,20,27,32,34,37H,5,9-13,16-19,21-26,28-29H2,1-3H3. The molecular formula is C39H56O5. The van der Waals surface area contributed by atoms with Gasteiger partial charge in [0.2, 0.25) is 0 Å². The molecule has 5 heteroatoms. The minimum absolute atomic E-state index is 0.0411. The van der Waals surface area contributed by atoms with Gasteiger partial charge in [0.05, 0.1) is 13.0 Å². The number of carbonyl (C=O) groups is 3. The number of hydrogen-bond donors (Lipinski definition) is 0. The molecular weight excluding hydrogens is 548 g/mol. The van der Waals surface area contributed by atoms with Gasteiger partial charge in [-0.3, -0.25) is 14.4 Å². The number of carbonyl (C=O) groups excluding carboxylic acids is 3. The molecule has 5 nitrogen and oxygen atoms in total. The normalized spacial score (nSPS) is 21.1. The Morgan fingerprint density at radius 3 is 2.48 bits per heavy atom. The monoisotopic (exact) mass is 604 g/mol. The van der Waals surface area contributed by atoms with Gasteiger partial charge in [-0.25, -0.2) is 0 Å². The van der Waals surface area contributed by atoms with Crippen LogP contribution in [0.15, 0.2) is 65.3 Å². The Hall–Kier alpha value is -2.79. The van der Waals surface area contributed by atoms with Crippen LogP contribution in [0.1, 0.15) is 116 Å². The van der Waals surface area contributed by atoms with Crippen LogP contribution in [0.2, 0.25) is 0 Å². The number of rotatable bonds is 18. The summed E-state index contributed by atoms with van der Waals surface area (Å²) >= 11 is 0. The van der Waals surface area contributed by atoms with Gasteiger partial charge >= 0.3 is 5.97 Å². The quantitative estimate of drug-likeness (QED) is 0.0723. The van der Waals surface area contributed by atoms with Gasteiger partial charge in [0.25, 0.3) is 0 Å². The van der Waals surface area contributed by atoms with Crippen molar-refractivity contribution in [2.24, 2.45) is 17.8 Å². The van der Waals surface area contributed by atoms with Crippen molar-refractivity contribution in [3.63, 3.8) is 0 Å². The molecule has 1 aromatic rings. The van der Waals surface area contributed by atoms with E-state index < -0.39 is 0 Å².